The number of amides is 1. The van der Waals surface area contributed by atoms with Crippen LogP contribution >= 0.6 is 0 Å². The average Bonchev–Trinajstić information content (AvgIpc) is 2.48. The first-order valence-corrected chi connectivity index (χ1v) is 4.22. The Labute approximate surface area is 71.6 Å². The molecule has 0 radical (unpaired) electrons. The predicted octanol–water partition coefficient (Wildman–Crippen LogP) is 1.49. The monoisotopic (exact) mass is 161 g/mol. The molecular weight excluding hydrogens is 150 g/mol. The molecule has 1 amide bonds. The van der Waals surface area contributed by atoms with Crippen LogP contribution < -0.4 is 5.32 Å². The molecule has 1 heterocycles. The van der Waals surface area contributed by atoms with Crippen LogP contribution in [-0.4, -0.2) is 5.91 Å². The van der Waals surface area contributed by atoms with Gasteiger partial charge in [0.1, 0.15) is 0 Å². The topological polar surface area (TPSA) is 29.1 Å². The smallest absolute Gasteiger partial charge is 0.252 e. The fourth-order valence-electron chi connectivity index (χ4n) is 1.65. The number of carbonyl (C=O) groups is 1. The van der Waals surface area contributed by atoms with Gasteiger partial charge in [0.2, 0.25) is 0 Å². The van der Waals surface area contributed by atoms with Crippen LogP contribution in [0.15, 0.2) is 18.2 Å². The van der Waals surface area contributed by atoms with Crippen molar-refractivity contribution in [2.75, 3.05) is 0 Å². The molecule has 2 rings (SSSR count). The molecule has 0 atom stereocenters. The van der Waals surface area contributed by atoms with E-state index in [1.54, 1.807) is 0 Å². The third-order valence-corrected chi connectivity index (χ3v) is 2.28. The minimum Gasteiger partial charge on any atom is -0.348 e. The molecule has 0 saturated carbocycles. The fraction of sp³-hybridized carbons (Fsp3) is 0.300. The van der Waals surface area contributed by atoms with Crippen LogP contribution in [0.2, 0.25) is 0 Å². The van der Waals surface area contributed by atoms with Gasteiger partial charge in [-0.3, -0.25) is 4.79 Å². The van der Waals surface area contributed by atoms with Gasteiger partial charge < -0.3 is 5.32 Å². The largest absolute Gasteiger partial charge is 0.348 e. The summed E-state index contributed by atoms with van der Waals surface area (Å²) in [6.07, 6.45) is 0.927. The molecule has 2 heteroatoms. The Bertz CT molecular complexity index is 331. The minimum absolute atomic E-state index is 0.0856. The second-order valence-corrected chi connectivity index (χ2v) is 2.99. The van der Waals surface area contributed by atoms with Gasteiger partial charge in [0.15, 0.2) is 0 Å². The second kappa shape index (κ2) is 2.63. The maximum Gasteiger partial charge on any atom is 0.252 e. The third kappa shape index (κ3) is 0.916. The number of nitrogens with one attached hydrogen (secondary N) is 1. The van der Waals surface area contributed by atoms with E-state index in [-0.39, 0.29) is 5.91 Å². The maximum atomic E-state index is 11.3. The van der Waals surface area contributed by atoms with Gasteiger partial charge in [-0.05, 0) is 17.5 Å². The van der Waals surface area contributed by atoms with E-state index in [0.29, 0.717) is 6.54 Å². The molecule has 1 aromatic carbocycles. The van der Waals surface area contributed by atoms with Gasteiger partial charge >= 0.3 is 0 Å². The summed E-state index contributed by atoms with van der Waals surface area (Å²) in [4.78, 5) is 11.3. The second-order valence-electron chi connectivity index (χ2n) is 2.99. The van der Waals surface area contributed by atoms with Crippen molar-refractivity contribution in [3.8, 4) is 0 Å². The molecule has 0 spiro atoms. The Morgan fingerprint density at radius 2 is 2.33 bits per heavy atom. The normalized spacial score (nSPS) is 14.2. The first-order chi connectivity index (χ1) is 5.83. The predicted molar refractivity (Wildman–Crippen MR) is 47.0 cm³/mol. The Morgan fingerprint density at radius 3 is 3.08 bits per heavy atom. The molecule has 0 aromatic heterocycles. The van der Waals surface area contributed by atoms with Crippen LogP contribution in [0.25, 0.3) is 0 Å². The third-order valence-electron chi connectivity index (χ3n) is 2.28. The lowest BCUT2D eigenvalue weighted by atomic mass is 10.0. The molecule has 0 saturated heterocycles. The van der Waals surface area contributed by atoms with E-state index in [4.69, 9.17) is 0 Å². The summed E-state index contributed by atoms with van der Waals surface area (Å²) in [6.45, 7) is 2.77. The molecule has 62 valence electrons. The molecule has 0 bridgehead atoms. The number of carbonyl (C=O) groups excluding carboxylic acids is 1. The van der Waals surface area contributed by atoms with Crippen molar-refractivity contribution in [3.05, 3.63) is 34.9 Å². The molecule has 1 aromatic rings. The van der Waals surface area contributed by atoms with Crippen LogP contribution in [-0.2, 0) is 13.0 Å². The SMILES string of the molecule is CCc1cccc2c1C(=O)NC2. The quantitative estimate of drug-likeness (QED) is 0.664. The van der Waals surface area contributed by atoms with E-state index >= 15 is 0 Å². The molecule has 0 fully saturated rings. The molecule has 1 aliphatic rings. The lowest BCUT2D eigenvalue weighted by molar-refractivity contribution is 0.0965. The molecule has 1 aliphatic heterocycles. The van der Waals surface area contributed by atoms with E-state index < -0.39 is 0 Å². The van der Waals surface area contributed by atoms with E-state index in [2.05, 4.69) is 12.2 Å². The standard InChI is InChI=1S/C10H11NO/c1-2-7-4-3-5-8-6-11-10(12)9(7)8/h3-5H,2,6H2,1H3,(H,11,12). The molecule has 2 nitrogen and oxygen atoms in total. The Morgan fingerprint density at radius 1 is 1.50 bits per heavy atom. The summed E-state index contributed by atoms with van der Waals surface area (Å²) in [7, 11) is 0. The van der Waals surface area contributed by atoms with Crippen LogP contribution in [0.5, 0.6) is 0 Å². The van der Waals surface area contributed by atoms with Gasteiger partial charge in [-0.2, -0.15) is 0 Å². The van der Waals surface area contributed by atoms with Crippen LogP contribution in [0, 0.1) is 0 Å². The van der Waals surface area contributed by atoms with Crippen molar-refractivity contribution in [2.24, 2.45) is 0 Å². The Hall–Kier alpha value is -1.31. The van der Waals surface area contributed by atoms with E-state index in [1.807, 2.05) is 18.2 Å². The van der Waals surface area contributed by atoms with Crippen LogP contribution in [0.1, 0.15) is 28.4 Å². The molecule has 1 N–H and O–H groups in total. The lowest BCUT2D eigenvalue weighted by Crippen LogP contribution is -2.13. The first-order valence-electron chi connectivity index (χ1n) is 4.22. The Balaban J connectivity index is 2.60. The van der Waals surface area contributed by atoms with Crippen molar-refractivity contribution in [3.63, 3.8) is 0 Å². The van der Waals surface area contributed by atoms with Crippen molar-refractivity contribution in [1.82, 2.24) is 5.32 Å². The van der Waals surface area contributed by atoms with Crippen LogP contribution in [0.3, 0.4) is 0 Å². The zero-order chi connectivity index (χ0) is 8.55. The summed E-state index contributed by atoms with van der Waals surface area (Å²) < 4.78 is 0. The summed E-state index contributed by atoms with van der Waals surface area (Å²) in [5.41, 5.74) is 3.20. The number of fused-ring (bicyclic) bond motifs is 1. The number of rotatable bonds is 1. The maximum absolute atomic E-state index is 11.3. The number of benzene rings is 1. The highest BCUT2D eigenvalue weighted by molar-refractivity contribution is 5.99. The number of hydrogen-bond donors (Lipinski definition) is 1. The molecule has 12 heavy (non-hydrogen) atoms. The van der Waals surface area contributed by atoms with Crippen molar-refractivity contribution < 1.29 is 4.79 Å². The zero-order valence-electron chi connectivity index (χ0n) is 7.05. The van der Waals surface area contributed by atoms with Gasteiger partial charge in [-0.15, -0.1) is 0 Å². The van der Waals surface area contributed by atoms with E-state index in [1.165, 1.54) is 0 Å². The summed E-state index contributed by atoms with van der Waals surface area (Å²) in [6, 6.07) is 6.04. The van der Waals surface area contributed by atoms with Gasteiger partial charge in [0.25, 0.3) is 5.91 Å². The van der Waals surface area contributed by atoms with Crippen molar-refractivity contribution >= 4 is 5.91 Å². The van der Waals surface area contributed by atoms with Gasteiger partial charge in [-0.25, -0.2) is 0 Å². The summed E-state index contributed by atoms with van der Waals surface area (Å²) >= 11 is 0. The highest BCUT2D eigenvalue weighted by Crippen LogP contribution is 2.19. The molecular formula is C10H11NO. The summed E-state index contributed by atoms with van der Waals surface area (Å²) in [5.74, 6) is 0.0856. The molecule has 0 aliphatic carbocycles. The fourth-order valence-corrected chi connectivity index (χ4v) is 1.65. The first kappa shape index (κ1) is 7.35. The van der Waals surface area contributed by atoms with Crippen LogP contribution in [0.4, 0.5) is 0 Å². The zero-order valence-corrected chi connectivity index (χ0v) is 7.05. The van der Waals surface area contributed by atoms with Crippen molar-refractivity contribution in [2.45, 2.75) is 19.9 Å². The highest BCUT2D eigenvalue weighted by Gasteiger charge is 2.20. The highest BCUT2D eigenvalue weighted by atomic mass is 16.1. The van der Waals surface area contributed by atoms with Gasteiger partial charge in [-0.1, -0.05) is 25.1 Å². The van der Waals surface area contributed by atoms with E-state index in [0.717, 1.165) is 23.1 Å². The number of aryl methyl sites for hydroxylation is 1. The average molecular weight is 161 g/mol. The number of hydrogen-bond acceptors (Lipinski definition) is 1. The summed E-state index contributed by atoms with van der Waals surface area (Å²) in [5, 5.41) is 2.82. The Kier molecular flexibility index (Phi) is 1.61. The van der Waals surface area contributed by atoms with Crippen molar-refractivity contribution in [1.29, 1.82) is 0 Å². The van der Waals surface area contributed by atoms with E-state index in [9.17, 15) is 4.79 Å². The van der Waals surface area contributed by atoms with Gasteiger partial charge in [0, 0.05) is 12.1 Å². The lowest BCUT2D eigenvalue weighted by Gasteiger charge is -2.01. The molecule has 0 unspecified atom stereocenters. The minimum atomic E-state index is 0.0856. The van der Waals surface area contributed by atoms with Gasteiger partial charge in [0.05, 0.1) is 0 Å².